The topological polar surface area (TPSA) is 75.9 Å². The van der Waals surface area contributed by atoms with Crippen molar-refractivity contribution < 1.29 is 14.3 Å². The standard InChI is InChI=1S/C10H19N3O3/c1-10(2,16-9(11)15)7-13-5-4-12(3)8(14)6-13/h4-7H2,1-3H3,(H2,11,15). The maximum Gasteiger partial charge on any atom is 0.405 e. The van der Waals surface area contributed by atoms with E-state index in [1.54, 1.807) is 25.8 Å². The van der Waals surface area contributed by atoms with E-state index in [0.29, 0.717) is 19.6 Å². The zero-order valence-electron chi connectivity index (χ0n) is 10.0. The molecule has 0 atom stereocenters. The van der Waals surface area contributed by atoms with E-state index in [9.17, 15) is 9.59 Å². The van der Waals surface area contributed by atoms with Crippen molar-refractivity contribution in [1.29, 1.82) is 0 Å². The van der Waals surface area contributed by atoms with Crippen molar-refractivity contribution in [3.63, 3.8) is 0 Å². The first-order valence-corrected chi connectivity index (χ1v) is 5.25. The summed E-state index contributed by atoms with van der Waals surface area (Å²) >= 11 is 0. The fourth-order valence-electron chi connectivity index (χ4n) is 1.79. The van der Waals surface area contributed by atoms with Crippen LogP contribution in [-0.4, -0.2) is 60.6 Å². The molecular formula is C10H19N3O3. The van der Waals surface area contributed by atoms with Crippen molar-refractivity contribution in [1.82, 2.24) is 9.80 Å². The Morgan fingerprint density at radius 2 is 2.12 bits per heavy atom. The van der Waals surface area contributed by atoms with Crippen molar-refractivity contribution in [3.05, 3.63) is 0 Å². The molecule has 1 rings (SSSR count). The van der Waals surface area contributed by atoms with Gasteiger partial charge in [0.2, 0.25) is 5.91 Å². The Morgan fingerprint density at radius 3 is 2.62 bits per heavy atom. The lowest BCUT2D eigenvalue weighted by molar-refractivity contribution is -0.135. The minimum atomic E-state index is -0.787. The maximum atomic E-state index is 11.5. The number of carbonyl (C=O) groups is 2. The third kappa shape index (κ3) is 3.69. The van der Waals surface area contributed by atoms with E-state index < -0.39 is 11.7 Å². The maximum absolute atomic E-state index is 11.5. The van der Waals surface area contributed by atoms with Crippen LogP contribution in [-0.2, 0) is 9.53 Å². The Bertz CT molecular complexity index is 291. The van der Waals surface area contributed by atoms with Crippen LogP contribution in [0.15, 0.2) is 0 Å². The van der Waals surface area contributed by atoms with Gasteiger partial charge in [-0.3, -0.25) is 9.69 Å². The zero-order chi connectivity index (χ0) is 12.3. The molecule has 0 saturated carbocycles. The Kier molecular flexibility index (Phi) is 3.74. The molecule has 1 aliphatic rings. The summed E-state index contributed by atoms with van der Waals surface area (Å²) in [5.41, 5.74) is 4.31. The number of primary amides is 1. The van der Waals surface area contributed by atoms with Crippen molar-refractivity contribution in [3.8, 4) is 0 Å². The van der Waals surface area contributed by atoms with Gasteiger partial charge in [-0.25, -0.2) is 4.79 Å². The van der Waals surface area contributed by atoms with Gasteiger partial charge in [0.1, 0.15) is 5.60 Å². The largest absolute Gasteiger partial charge is 0.442 e. The highest BCUT2D eigenvalue weighted by Gasteiger charge is 2.29. The van der Waals surface area contributed by atoms with Crippen LogP contribution in [0.2, 0.25) is 0 Å². The number of hydrogen-bond donors (Lipinski definition) is 1. The van der Waals surface area contributed by atoms with Crippen LogP contribution in [0.3, 0.4) is 0 Å². The molecule has 1 heterocycles. The van der Waals surface area contributed by atoms with Gasteiger partial charge in [0, 0.05) is 26.7 Å². The predicted molar refractivity (Wildman–Crippen MR) is 58.8 cm³/mol. The molecule has 1 aliphatic heterocycles. The minimum Gasteiger partial charge on any atom is -0.442 e. The second-order valence-electron chi connectivity index (χ2n) is 4.71. The number of amides is 2. The van der Waals surface area contributed by atoms with Crippen molar-refractivity contribution in [2.45, 2.75) is 19.4 Å². The second kappa shape index (κ2) is 4.69. The first kappa shape index (κ1) is 12.8. The normalized spacial score (nSPS) is 18.7. The number of nitrogens with zero attached hydrogens (tertiary/aromatic N) is 2. The van der Waals surface area contributed by atoms with Gasteiger partial charge in [0.05, 0.1) is 6.54 Å². The highest BCUT2D eigenvalue weighted by atomic mass is 16.6. The average Bonchev–Trinajstić information content (AvgIpc) is 2.08. The van der Waals surface area contributed by atoms with E-state index in [1.165, 1.54) is 0 Å². The van der Waals surface area contributed by atoms with Gasteiger partial charge in [-0.1, -0.05) is 0 Å². The smallest absolute Gasteiger partial charge is 0.405 e. The number of likely N-dealkylation sites (N-methyl/N-ethyl adjacent to an activating group) is 1. The predicted octanol–water partition coefficient (Wildman–Crippen LogP) is -0.366. The summed E-state index contributed by atoms with van der Waals surface area (Å²) in [5.74, 6) is 0.0844. The van der Waals surface area contributed by atoms with Crippen molar-refractivity contribution >= 4 is 12.0 Å². The molecule has 1 fully saturated rings. The first-order valence-electron chi connectivity index (χ1n) is 5.25. The highest BCUT2D eigenvalue weighted by Crippen LogP contribution is 2.13. The Balaban J connectivity index is 2.48. The molecular weight excluding hydrogens is 210 g/mol. The number of carbonyl (C=O) groups excluding carboxylic acids is 2. The van der Waals surface area contributed by atoms with Gasteiger partial charge in [-0.05, 0) is 13.8 Å². The molecule has 0 aliphatic carbocycles. The summed E-state index contributed by atoms with van der Waals surface area (Å²) in [6.07, 6.45) is -0.787. The molecule has 0 aromatic heterocycles. The molecule has 0 aromatic rings. The molecule has 0 bridgehead atoms. The molecule has 0 unspecified atom stereocenters. The molecule has 0 spiro atoms. The van der Waals surface area contributed by atoms with Crippen LogP contribution in [0.5, 0.6) is 0 Å². The van der Waals surface area contributed by atoms with Gasteiger partial charge in [0.15, 0.2) is 0 Å². The number of nitrogens with two attached hydrogens (primary N) is 1. The van der Waals surface area contributed by atoms with Gasteiger partial charge in [-0.2, -0.15) is 0 Å². The lowest BCUT2D eigenvalue weighted by Crippen LogP contribution is -2.53. The van der Waals surface area contributed by atoms with Crippen LogP contribution in [0, 0.1) is 0 Å². The second-order valence-corrected chi connectivity index (χ2v) is 4.71. The van der Waals surface area contributed by atoms with E-state index in [2.05, 4.69) is 0 Å². The molecule has 6 nitrogen and oxygen atoms in total. The lowest BCUT2D eigenvalue weighted by atomic mass is 10.1. The number of piperazine rings is 1. The van der Waals surface area contributed by atoms with E-state index in [4.69, 9.17) is 10.5 Å². The average molecular weight is 229 g/mol. The van der Waals surface area contributed by atoms with Crippen molar-refractivity contribution in [2.75, 3.05) is 33.2 Å². The monoisotopic (exact) mass is 229 g/mol. The summed E-state index contributed by atoms with van der Waals surface area (Å²) < 4.78 is 4.97. The van der Waals surface area contributed by atoms with Crippen LogP contribution in [0.1, 0.15) is 13.8 Å². The first-order chi connectivity index (χ1) is 7.30. The molecule has 92 valence electrons. The summed E-state index contributed by atoms with van der Waals surface area (Å²) in [5, 5.41) is 0. The summed E-state index contributed by atoms with van der Waals surface area (Å²) in [6.45, 7) is 5.91. The van der Waals surface area contributed by atoms with Crippen LogP contribution in [0.25, 0.3) is 0 Å². The van der Waals surface area contributed by atoms with E-state index in [1.807, 2.05) is 4.90 Å². The summed E-state index contributed by atoms with van der Waals surface area (Å²) in [4.78, 5) is 25.8. The molecule has 6 heteroatoms. The van der Waals surface area contributed by atoms with Gasteiger partial charge in [-0.15, -0.1) is 0 Å². The summed E-state index contributed by atoms with van der Waals surface area (Å²) in [7, 11) is 1.78. The number of hydrogen-bond acceptors (Lipinski definition) is 4. The zero-order valence-corrected chi connectivity index (χ0v) is 10.0. The van der Waals surface area contributed by atoms with E-state index in [0.717, 1.165) is 6.54 Å². The Labute approximate surface area is 95.3 Å². The van der Waals surface area contributed by atoms with E-state index >= 15 is 0 Å². The van der Waals surface area contributed by atoms with Gasteiger partial charge < -0.3 is 15.4 Å². The lowest BCUT2D eigenvalue weighted by Gasteiger charge is -2.36. The minimum absolute atomic E-state index is 0.0844. The summed E-state index contributed by atoms with van der Waals surface area (Å²) in [6, 6.07) is 0. The molecule has 1 saturated heterocycles. The fourth-order valence-corrected chi connectivity index (χ4v) is 1.79. The van der Waals surface area contributed by atoms with Crippen molar-refractivity contribution in [2.24, 2.45) is 5.73 Å². The molecule has 2 amide bonds. The van der Waals surface area contributed by atoms with Crippen LogP contribution < -0.4 is 5.73 Å². The SMILES string of the molecule is CN1CCN(CC(C)(C)OC(N)=O)CC1=O. The highest BCUT2D eigenvalue weighted by molar-refractivity contribution is 5.78. The third-order valence-electron chi connectivity index (χ3n) is 2.52. The fraction of sp³-hybridized carbons (Fsp3) is 0.800. The van der Waals surface area contributed by atoms with Crippen LogP contribution >= 0.6 is 0 Å². The molecule has 0 aromatic carbocycles. The quantitative estimate of drug-likeness (QED) is 0.716. The molecule has 0 radical (unpaired) electrons. The number of rotatable bonds is 3. The van der Waals surface area contributed by atoms with E-state index in [-0.39, 0.29) is 5.91 Å². The number of ether oxygens (including phenoxy) is 1. The molecule has 2 N–H and O–H groups in total. The van der Waals surface area contributed by atoms with Gasteiger partial charge in [0.25, 0.3) is 0 Å². The van der Waals surface area contributed by atoms with Crippen LogP contribution in [0.4, 0.5) is 4.79 Å². The molecule has 16 heavy (non-hydrogen) atoms. The Morgan fingerprint density at radius 1 is 1.50 bits per heavy atom. The Hall–Kier alpha value is -1.30. The third-order valence-corrected chi connectivity index (χ3v) is 2.52. The van der Waals surface area contributed by atoms with Gasteiger partial charge >= 0.3 is 6.09 Å².